The molecule has 0 saturated heterocycles. The highest BCUT2D eigenvalue weighted by Crippen LogP contribution is 2.38. The first-order valence-corrected chi connectivity index (χ1v) is 19.6. The molecule has 3 atom stereocenters. The van der Waals surface area contributed by atoms with Crippen molar-refractivity contribution >= 4 is 34.0 Å². The Bertz CT molecular complexity index is 2380. The quantitative estimate of drug-likeness (QED) is 0.0706. The molecule has 0 fully saturated rings. The number of carbonyl (C=O) groups excluding carboxylic acids is 2. The standard InChI is InChI=1S/C44H52N6O9/c1-26(51)42(59-39(54)19-17-28-21-31(44(5,6)7)41(56)37(23-28)50-47-34-14-10-11-15-35(34)48-50)58-25-29(52)24-57-38(53)18-16-27-20-30(43(2,3)4)40(55)36(22-27)49-45-32-12-8-9-13-33(32)46-49/h8-15,20-23,26,29,42,51-52,55-56H,16-19,24-25H2,1-7H3. The van der Waals surface area contributed by atoms with E-state index in [4.69, 9.17) is 14.2 Å². The Balaban J connectivity index is 1.01. The number of fused-ring (bicyclic) bond motifs is 2. The van der Waals surface area contributed by atoms with E-state index < -0.39 is 47.9 Å². The molecule has 6 aromatic rings. The van der Waals surface area contributed by atoms with E-state index in [-0.39, 0.29) is 43.8 Å². The van der Waals surface area contributed by atoms with Crippen molar-refractivity contribution in [2.45, 2.75) is 103 Å². The number of rotatable bonds is 15. The molecule has 2 heterocycles. The van der Waals surface area contributed by atoms with Gasteiger partial charge in [-0.2, -0.15) is 0 Å². The van der Waals surface area contributed by atoms with Gasteiger partial charge < -0.3 is 34.6 Å². The van der Waals surface area contributed by atoms with Crippen molar-refractivity contribution in [1.82, 2.24) is 30.0 Å². The van der Waals surface area contributed by atoms with Crippen LogP contribution in [0.2, 0.25) is 0 Å². The smallest absolute Gasteiger partial charge is 0.308 e. The van der Waals surface area contributed by atoms with Crippen LogP contribution in [-0.4, -0.2) is 94.1 Å². The van der Waals surface area contributed by atoms with Gasteiger partial charge in [-0.25, -0.2) is 0 Å². The second-order valence-electron chi connectivity index (χ2n) is 16.7. The second kappa shape index (κ2) is 17.5. The first-order chi connectivity index (χ1) is 27.9. The lowest BCUT2D eigenvalue weighted by Crippen LogP contribution is -2.35. The molecule has 4 aromatic carbocycles. The van der Waals surface area contributed by atoms with E-state index in [0.717, 1.165) is 11.1 Å². The van der Waals surface area contributed by atoms with Crippen LogP contribution >= 0.6 is 0 Å². The Morgan fingerprint density at radius 2 is 1.05 bits per heavy atom. The number of aliphatic hydroxyl groups is 2. The Kier molecular flexibility index (Phi) is 12.7. The molecule has 3 unspecified atom stereocenters. The summed E-state index contributed by atoms with van der Waals surface area (Å²) in [5, 5.41) is 61.4. The summed E-state index contributed by atoms with van der Waals surface area (Å²) >= 11 is 0. The molecule has 2 aromatic heterocycles. The number of ether oxygens (including phenoxy) is 3. The summed E-state index contributed by atoms with van der Waals surface area (Å²) in [6.45, 7) is 12.4. The number of esters is 2. The maximum Gasteiger partial charge on any atom is 0.308 e. The van der Waals surface area contributed by atoms with Crippen molar-refractivity contribution in [1.29, 1.82) is 0 Å². The highest BCUT2D eigenvalue weighted by molar-refractivity contribution is 5.75. The van der Waals surface area contributed by atoms with Crippen LogP contribution in [-0.2, 0) is 47.5 Å². The summed E-state index contributed by atoms with van der Waals surface area (Å²) in [5.41, 5.74) is 5.39. The fourth-order valence-corrected chi connectivity index (χ4v) is 6.50. The number of aliphatic hydroxyl groups excluding tert-OH is 2. The molecule has 4 N–H and O–H groups in total. The third-order valence-corrected chi connectivity index (χ3v) is 9.69. The molecule has 15 nitrogen and oxygen atoms in total. The molecule has 0 spiro atoms. The van der Waals surface area contributed by atoms with Crippen LogP contribution in [0.25, 0.3) is 33.4 Å². The lowest BCUT2D eigenvalue weighted by atomic mass is 9.84. The first-order valence-electron chi connectivity index (χ1n) is 19.6. The van der Waals surface area contributed by atoms with Crippen LogP contribution in [0, 0.1) is 0 Å². The van der Waals surface area contributed by atoms with E-state index in [1.165, 1.54) is 16.5 Å². The van der Waals surface area contributed by atoms with Crippen molar-refractivity contribution in [3.8, 4) is 22.9 Å². The molecule has 15 heteroatoms. The van der Waals surface area contributed by atoms with Crippen molar-refractivity contribution in [3.63, 3.8) is 0 Å². The highest BCUT2D eigenvalue weighted by Gasteiger charge is 2.27. The minimum Gasteiger partial charge on any atom is -0.505 e. The summed E-state index contributed by atoms with van der Waals surface area (Å²) in [5.74, 6) is -1.14. The topological polar surface area (TPSA) is 204 Å². The number of carbonyl (C=O) groups is 2. The molecular formula is C44H52N6O9. The van der Waals surface area contributed by atoms with Crippen molar-refractivity contribution in [3.05, 3.63) is 95.1 Å². The number of hydrogen-bond donors (Lipinski definition) is 4. The van der Waals surface area contributed by atoms with Gasteiger partial charge >= 0.3 is 11.9 Å². The van der Waals surface area contributed by atoms with Crippen LogP contribution in [0.1, 0.15) is 83.6 Å². The van der Waals surface area contributed by atoms with Crippen LogP contribution < -0.4 is 0 Å². The molecule has 0 aliphatic rings. The lowest BCUT2D eigenvalue weighted by molar-refractivity contribution is -0.208. The Labute approximate surface area is 342 Å². The predicted molar refractivity (Wildman–Crippen MR) is 220 cm³/mol. The van der Waals surface area contributed by atoms with Crippen LogP contribution in [0.3, 0.4) is 0 Å². The summed E-state index contributed by atoms with van der Waals surface area (Å²) < 4.78 is 16.3. The largest absolute Gasteiger partial charge is 0.505 e. The Morgan fingerprint density at radius 1 is 0.644 bits per heavy atom. The van der Waals surface area contributed by atoms with Gasteiger partial charge in [0.1, 0.15) is 63.8 Å². The van der Waals surface area contributed by atoms with Gasteiger partial charge in [-0.1, -0.05) is 77.9 Å². The molecule has 0 radical (unpaired) electrons. The SMILES string of the molecule is CC(O)C(OCC(O)COC(=O)CCc1cc(-n2nc3ccccc3n2)c(O)c(C(C)(C)C)c1)OC(=O)CCc1cc(-n2nc3ccccc3n2)c(O)c(C(C)(C)C)c1. The number of aromatic hydroxyl groups is 2. The number of nitrogens with zero attached hydrogens (tertiary/aromatic N) is 6. The zero-order valence-electron chi connectivity index (χ0n) is 34.4. The number of aryl methyl sites for hydroxylation is 2. The number of hydrogen-bond acceptors (Lipinski definition) is 13. The van der Waals surface area contributed by atoms with Crippen LogP contribution in [0.15, 0.2) is 72.8 Å². The van der Waals surface area contributed by atoms with Crippen molar-refractivity contribution in [2.24, 2.45) is 0 Å². The zero-order valence-corrected chi connectivity index (χ0v) is 34.4. The summed E-state index contributed by atoms with van der Waals surface area (Å²) in [4.78, 5) is 28.5. The van der Waals surface area contributed by atoms with Gasteiger partial charge in [-0.05, 0) is 78.1 Å². The average molecular weight is 809 g/mol. The monoisotopic (exact) mass is 808 g/mol. The van der Waals surface area contributed by atoms with E-state index in [1.807, 2.05) is 102 Å². The van der Waals surface area contributed by atoms with E-state index in [1.54, 1.807) is 12.1 Å². The summed E-state index contributed by atoms with van der Waals surface area (Å²) in [6.07, 6.45) is -3.47. The van der Waals surface area contributed by atoms with E-state index >= 15 is 0 Å². The number of benzene rings is 4. The van der Waals surface area contributed by atoms with Crippen LogP contribution in [0.5, 0.6) is 11.5 Å². The third-order valence-electron chi connectivity index (χ3n) is 9.69. The van der Waals surface area contributed by atoms with Gasteiger partial charge in [0.15, 0.2) is 0 Å². The van der Waals surface area contributed by atoms with Gasteiger partial charge in [0.25, 0.3) is 0 Å². The van der Waals surface area contributed by atoms with E-state index in [0.29, 0.717) is 44.6 Å². The van der Waals surface area contributed by atoms with E-state index in [2.05, 4.69) is 20.4 Å². The molecule has 0 aliphatic heterocycles. The fraction of sp³-hybridized carbons (Fsp3) is 0.409. The number of phenols is 2. The van der Waals surface area contributed by atoms with Crippen LogP contribution in [0.4, 0.5) is 0 Å². The van der Waals surface area contributed by atoms with Gasteiger partial charge in [-0.15, -0.1) is 30.0 Å². The van der Waals surface area contributed by atoms with Gasteiger partial charge in [0.05, 0.1) is 6.61 Å². The number of phenolic OH excluding ortho intramolecular Hbond substituents is 2. The number of aromatic nitrogens is 6. The molecule has 6 rings (SSSR count). The molecule has 59 heavy (non-hydrogen) atoms. The Morgan fingerprint density at radius 3 is 1.44 bits per heavy atom. The minimum absolute atomic E-state index is 0.0151. The van der Waals surface area contributed by atoms with Crippen molar-refractivity contribution < 1.29 is 44.2 Å². The molecule has 0 aliphatic carbocycles. The summed E-state index contributed by atoms with van der Waals surface area (Å²) in [7, 11) is 0. The van der Waals surface area contributed by atoms with Gasteiger partial charge in [0, 0.05) is 24.0 Å². The average Bonchev–Trinajstić information content (AvgIpc) is 3.81. The zero-order chi connectivity index (χ0) is 42.6. The van der Waals surface area contributed by atoms with Crippen molar-refractivity contribution in [2.75, 3.05) is 13.2 Å². The Hall–Kier alpha value is -5.90. The second-order valence-corrected chi connectivity index (χ2v) is 16.7. The summed E-state index contributed by atoms with van der Waals surface area (Å²) in [6, 6.07) is 21.9. The molecule has 0 amide bonds. The third kappa shape index (κ3) is 10.4. The first kappa shape index (κ1) is 42.7. The maximum absolute atomic E-state index is 13.0. The lowest BCUT2D eigenvalue weighted by Gasteiger charge is -2.24. The molecule has 312 valence electrons. The van der Waals surface area contributed by atoms with Gasteiger partial charge in [-0.3, -0.25) is 9.59 Å². The normalized spacial score (nSPS) is 13.7. The highest BCUT2D eigenvalue weighted by atomic mass is 16.7. The predicted octanol–water partition coefficient (Wildman–Crippen LogP) is 5.90. The minimum atomic E-state index is -1.39. The fourth-order valence-electron chi connectivity index (χ4n) is 6.50. The van der Waals surface area contributed by atoms with E-state index in [9.17, 15) is 30.0 Å². The maximum atomic E-state index is 13.0. The molecule has 0 saturated carbocycles. The molecular weight excluding hydrogens is 757 g/mol. The molecule has 0 bridgehead atoms. The van der Waals surface area contributed by atoms with Gasteiger partial charge in [0.2, 0.25) is 6.29 Å².